The standard InChI is InChI=1S/C12H27N.C10H7NO2/c1-4-5-6-7-8-9-10-11-12-13(2)3;12-10(13)8-3-1-5-9-7(8)4-2-6-11-9/h4-12H2,1-3H3;1-6H,(H,12,13). The number of rotatable bonds is 10. The van der Waals surface area contributed by atoms with Gasteiger partial charge >= 0.3 is 5.97 Å². The van der Waals surface area contributed by atoms with E-state index >= 15 is 0 Å². The molecule has 1 aromatic heterocycles. The van der Waals surface area contributed by atoms with Crippen molar-refractivity contribution in [1.82, 2.24) is 9.88 Å². The van der Waals surface area contributed by atoms with Gasteiger partial charge in [-0.1, -0.05) is 64.0 Å². The molecule has 1 heterocycles. The van der Waals surface area contributed by atoms with Gasteiger partial charge in [0.15, 0.2) is 0 Å². The van der Waals surface area contributed by atoms with Gasteiger partial charge in [-0.15, -0.1) is 0 Å². The lowest BCUT2D eigenvalue weighted by atomic mass is 10.1. The summed E-state index contributed by atoms with van der Waals surface area (Å²) in [4.78, 5) is 17.1. The maximum atomic E-state index is 10.8. The zero-order valence-electron chi connectivity index (χ0n) is 16.6. The van der Waals surface area contributed by atoms with E-state index in [2.05, 4.69) is 30.9 Å². The number of hydrogen-bond donors (Lipinski definition) is 1. The summed E-state index contributed by atoms with van der Waals surface area (Å²) in [5, 5.41) is 9.53. The van der Waals surface area contributed by atoms with Crippen LogP contribution in [0.2, 0.25) is 0 Å². The second-order valence-electron chi connectivity index (χ2n) is 6.96. The minimum atomic E-state index is -0.918. The van der Waals surface area contributed by atoms with Crippen LogP contribution in [0.3, 0.4) is 0 Å². The van der Waals surface area contributed by atoms with Gasteiger partial charge in [-0.25, -0.2) is 4.79 Å². The van der Waals surface area contributed by atoms with E-state index < -0.39 is 5.97 Å². The molecule has 0 amide bonds. The molecule has 0 saturated carbocycles. The van der Waals surface area contributed by atoms with Gasteiger partial charge in [0.1, 0.15) is 0 Å². The van der Waals surface area contributed by atoms with E-state index in [1.807, 2.05) is 0 Å². The highest BCUT2D eigenvalue weighted by Crippen LogP contribution is 2.15. The van der Waals surface area contributed by atoms with Crippen LogP contribution in [0.15, 0.2) is 36.5 Å². The Hall–Kier alpha value is -1.94. The third-order valence-corrected chi connectivity index (χ3v) is 4.33. The summed E-state index contributed by atoms with van der Waals surface area (Å²) >= 11 is 0. The van der Waals surface area contributed by atoms with E-state index in [-0.39, 0.29) is 0 Å². The number of carboxylic acid groups (broad SMARTS) is 1. The molecule has 0 aliphatic heterocycles. The molecule has 0 radical (unpaired) electrons. The van der Waals surface area contributed by atoms with E-state index in [1.165, 1.54) is 57.9 Å². The average molecular weight is 359 g/mol. The Kier molecular flexibility index (Phi) is 11.3. The number of fused-ring (bicyclic) bond motifs is 1. The number of unbranched alkanes of at least 4 members (excludes halogenated alkanes) is 7. The fourth-order valence-corrected chi connectivity index (χ4v) is 2.85. The SMILES string of the molecule is CCCCCCCCCCN(C)C.O=C(O)c1cccc2ncccc12. The lowest BCUT2D eigenvalue weighted by Crippen LogP contribution is -2.12. The predicted octanol–water partition coefficient (Wildman–Crippen LogP) is 5.62. The normalized spacial score (nSPS) is 10.6. The van der Waals surface area contributed by atoms with Crippen molar-refractivity contribution in [2.75, 3.05) is 20.6 Å². The minimum absolute atomic E-state index is 0.297. The van der Waals surface area contributed by atoms with Crippen LogP contribution in [0.25, 0.3) is 10.9 Å². The van der Waals surface area contributed by atoms with E-state index in [9.17, 15) is 4.79 Å². The lowest BCUT2D eigenvalue weighted by molar-refractivity contribution is 0.0699. The number of nitrogens with zero attached hydrogens (tertiary/aromatic N) is 2. The van der Waals surface area contributed by atoms with Gasteiger partial charge in [-0.05, 0) is 45.3 Å². The molecular weight excluding hydrogens is 324 g/mol. The van der Waals surface area contributed by atoms with Gasteiger partial charge in [0, 0.05) is 11.6 Å². The fourth-order valence-electron chi connectivity index (χ4n) is 2.85. The van der Waals surface area contributed by atoms with Crippen LogP contribution in [-0.4, -0.2) is 41.6 Å². The molecule has 144 valence electrons. The lowest BCUT2D eigenvalue weighted by Gasteiger charge is -2.08. The number of aromatic nitrogens is 1. The topological polar surface area (TPSA) is 53.4 Å². The van der Waals surface area contributed by atoms with Crippen LogP contribution in [-0.2, 0) is 0 Å². The summed E-state index contributed by atoms with van der Waals surface area (Å²) in [5.74, 6) is -0.918. The van der Waals surface area contributed by atoms with Gasteiger partial charge < -0.3 is 10.0 Å². The minimum Gasteiger partial charge on any atom is -0.478 e. The third kappa shape index (κ3) is 8.95. The quantitative estimate of drug-likeness (QED) is 0.560. The molecular formula is C22H34N2O2. The first-order chi connectivity index (χ1) is 12.6. The Bertz CT molecular complexity index is 636. The van der Waals surface area contributed by atoms with Crippen LogP contribution in [0.4, 0.5) is 0 Å². The van der Waals surface area contributed by atoms with Crippen molar-refractivity contribution in [2.24, 2.45) is 0 Å². The number of hydrogen-bond acceptors (Lipinski definition) is 3. The highest BCUT2D eigenvalue weighted by Gasteiger charge is 2.06. The van der Waals surface area contributed by atoms with E-state index in [4.69, 9.17) is 5.11 Å². The molecule has 1 aromatic carbocycles. The number of carbonyl (C=O) groups is 1. The van der Waals surface area contributed by atoms with Gasteiger partial charge in [-0.2, -0.15) is 0 Å². The van der Waals surface area contributed by atoms with Crippen molar-refractivity contribution >= 4 is 16.9 Å². The molecule has 0 saturated heterocycles. The van der Waals surface area contributed by atoms with Crippen molar-refractivity contribution < 1.29 is 9.90 Å². The highest BCUT2D eigenvalue weighted by molar-refractivity contribution is 6.02. The number of pyridine rings is 1. The summed E-state index contributed by atoms with van der Waals surface area (Å²) in [6.07, 6.45) is 13.0. The smallest absolute Gasteiger partial charge is 0.336 e. The van der Waals surface area contributed by atoms with E-state index in [0.29, 0.717) is 16.5 Å². The first kappa shape index (κ1) is 22.1. The van der Waals surface area contributed by atoms with E-state index in [1.54, 1.807) is 36.5 Å². The first-order valence-electron chi connectivity index (χ1n) is 9.78. The second-order valence-corrected chi connectivity index (χ2v) is 6.96. The Morgan fingerprint density at radius 3 is 2.23 bits per heavy atom. The zero-order valence-corrected chi connectivity index (χ0v) is 16.6. The first-order valence-corrected chi connectivity index (χ1v) is 9.78. The largest absolute Gasteiger partial charge is 0.478 e. The summed E-state index contributed by atoms with van der Waals surface area (Å²) in [6.45, 7) is 3.53. The summed E-state index contributed by atoms with van der Waals surface area (Å²) in [7, 11) is 4.31. The predicted molar refractivity (Wildman–Crippen MR) is 110 cm³/mol. The maximum Gasteiger partial charge on any atom is 0.336 e. The summed E-state index contributed by atoms with van der Waals surface area (Å²) in [5.41, 5.74) is 1.01. The van der Waals surface area contributed by atoms with Crippen molar-refractivity contribution in [1.29, 1.82) is 0 Å². The fraction of sp³-hybridized carbons (Fsp3) is 0.545. The third-order valence-electron chi connectivity index (χ3n) is 4.33. The highest BCUT2D eigenvalue weighted by atomic mass is 16.4. The Morgan fingerprint density at radius 1 is 0.962 bits per heavy atom. The molecule has 2 rings (SSSR count). The Morgan fingerprint density at radius 2 is 1.62 bits per heavy atom. The van der Waals surface area contributed by atoms with Crippen molar-refractivity contribution in [3.8, 4) is 0 Å². The van der Waals surface area contributed by atoms with Crippen molar-refractivity contribution in [3.05, 3.63) is 42.1 Å². The molecule has 4 heteroatoms. The van der Waals surface area contributed by atoms with Gasteiger partial charge in [0.25, 0.3) is 0 Å². The zero-order chi connectivity index (χ0) is 19.2. The molecule has 0 fully saturated rings. The number of benzene rings is 1. The van der Waals surface area contributed by atoms with Crippen LogP contribution in [0.1, 0.15) is 68.6 Å². The van der Waals surface area contributed by atoms with Crippen LogP contribution < -0.4 is 0 Å². The van der Waals surface area contributed by atoms with Crippen LogP contribution >= 0.6 is 0 Å². The monoisotopic (exact) mass is 358 g/mol. The van der Waals surface area contributed by atoms with Crippen LogP contribution in [0.5, 0.6) is 0 Å². The van der Waals surface area contributed by atoms with Gasteiger partial charge in [-0.3, -0.25) is 4.98 Å². The average Bonchev–Trinajstić information content (AvgIpc) is 2.63. The number of aromatic carboxylic acids is 1. The van der Waals surface area contributed by atoms with Crippen molar-refractivity contribution in [2.45, 2.75) is 58.3 Å². The molecule has 0 bridgehead atoms. The maximum absolute atomic E-state index is 10.8. The summed E-state index contributed by atoms with van der Waals surface area (Å²) < 4.78 is 0. The second kappa shape index (κ2) is 13.3. The van der Waals surface area contributed by atoms with Crippen molar-refractivity contribution in [3.63, 3.8) is 0 Å². The molecule has 4 nitrogen and oxygen atoms in total. The number of carboxylic acids is 1. The Balaban J connectivity index is 0.000000260. The van der Waals surface area contributed by atoms with Crippen LogP contribution in [0, 0.1) is 0 Å². The Labute approximate surface area is 158 Å². The summed E-state index contributed by atoms with van der Waals surface area (Å²) in [6, 6.07) is 8.55. The molecule has 2 aromatic rings. The molecule has 0 aliphatic carbocycles. The molecule has 0 atom stereocenters. The molecule has 1 N–H and O–H groups in total. The van der Waals surface area contributed by atoms with Gasteiger partial charge in [0.05, 0.1) is 11.1 Å². The molecule has 0 unspecified atom stereocenters. The molecule has 0 spiro atoms. The molecule has 0 aliphatic rings. The molecule has 26 heavy (non-hydrogen) atoms. The van der Waals surface area contributed by atoms with Gasteiger partial charge in [0.2, 0.25) is 0 Å². The van der Waals surface area contributed by atoms with E-state index in [0.717, 1.165) is 0 Å².